The van der Waals surface area contributed by atoms with Gasteiger partial charge in [0.05, 0.1) is 5.69 Å². The third kappa shape index (κ3) is 1.84. The van der Waals surface area contributed by atoms with E-state index >= 15 is 0 Å². The Hall–Kier alpha value is -2.37. The minimum Gasteiger partial charge on any atom is -0.457 e. The summed E-state index contributed by atoms with van der Waals surface area (Å²) in [5.74, 6) is 0. The van der Waals surface area contributed by atoms with Crippen LogP contribution in [0.15, 0.2) is 36.7 Å². The van der Waals surface area contributed by atoms with Crippen molar-refractivity contribution in [1.82, 2.24) is 24.4 Å². The van der Waals surface area contributed by atoms with Gasteiger partial charge in [0.15, 0.2) is 5.65 Å². The zero-order chi connectivity index (χ0) is 11.7. The smallest absolute Gasteiger partial charge is 0.321 e. The van der Waals surface area contributed by atoms with Gasteiger partial charge in [-0.25, -0.2) is 0 Å². The quantitative estimate of drug-likeness (QED) is 0.673. The molecular weight excluding hydrogens is 218 g/mol. The first-order valence-corrected chi connectivity index (χ1v) is 5.24. The highest BCUT2D eigenvalue weighted by atomic mass is 16.5. The summed E-state index contributed by atoms with van der Waals surface area (Å²) >= 11 is 0. The summed E-state index contributed by atoms with van der Waals surface area (Å²) < 4.78 is 9.10. The van der Waals surface area contributed by atoms with Crippen LogP contribution in [0.1, 0.15) is 5.69 Å². The summed E-state index contributed by atoms with van der Waals surface area (Å²) in [5, 5.41) is 12.2. The van der Waals surface area contributed by atoms with Crippen LogP contribution in [0.3, 0.4) is 0 Å². The predicted molar refractivity (Wildman–Crippen MR) is 60.5 cm³/mol. The molecule has 0 saturated carbocycles. The highest BCUT2D eigenvalue weighted by Gasteiger charge is 2.06. The van der Waals surface area contributed by atoms with Crippen LogP contribution in [0.25, 0.3) is 5.65 Å². The maximum atomic E-state index is 5.57. The number of pyridine rings is 1. The number of nitrogens with zero attached hydrogens (tertiary/aromatic N) is 5. The van der Waals surface area contributed by atoms with Crippen molar-refractivity contribution in [1.29, 1.82) is 0 Å². The molecule has 0 spiro atoms. The number of rotatable bonds is 3. The van der Waals surface area contributed by atoms with Crippen molar-refractivity contribution in [2.75, 3.05) is 0 Å². The second kappa shape index (κ2) is 3.89. The third-order valence-electron chi connectivity index (χ3n) is 2.40. The number of fused-ring (bicyclic) bond motifs is 1. The molecule has 0 aliphatic rings. The van der Waals surface area contributed by atoms with Gasteiger partial charge in [0.25, 0.3) is 0 Å². The molecule has 0 radical (unpaired) electrons. The molecule has 0 unspecified atom stereocenters. The summed E-state index contributed by atoms with van der Waals surface area (Å²) in [6.07, 6.45) is 3.74. The van der Waals surface area contributed by atoms with Crippen molar-refractivity contribution in [2.24, 2.45) is 7.05 Å². The lowest BCUT2D eigenvalue weighted by Crippen LogP contribution is -2.00. The second-order valence-electron chi connectivity index (χ2n) is 3.68. The van der Waals surface area contributed by atoms with E-state index in [1.165, 1.54) is 0 Å². The molecule has 0 N–H and O–H groups in total. The van der Waals surface area contributed by atoms with E-state index in [4.69, 9.17) is 4.74 Å². The molecule has 0 aliphatic heterocycles. The summed E-state index contributed by atoms with van der Waals surface area (Å²) in [5.41, 5.74) is 1.63. The van der Waals surface area contributed by atoms with Crippen LogP contribution in [-0.2, 0) is 13.7 Å². The molecule has 6 heteroatoms. The van der Waals surface area contributed by atoms with Gasteiger partial charge in [0.1, 0.15) is 6.61 Å². The van der Waals surface area contributed by atoms with Crippen molar-refractivity contribution in [2.45, 2.75) is 6.61 Å². The SMILES string of the molecule is Cn1ccc(COc2nnc3ccccn23)n1. The molecule has 17 heavy (non-hydrogen) atoms. The fraction of sp³-hybridized carbons (Fsp3) is 0.182. The molecule has 0 amide bonds. The Morgan fingerprint density at radius 2 is 2.12 bits per heavy atom. The summed E-state index contributed by atoms with van der Waals surface area (Å²) in [6, 6.07) is 8.08. The molecule has 3 rings (SSSR count). The third-order valence-corrected chi connectivity index (χ3v) is 2.40. The van der Waals surface area contributed by atoms with Crippen molar-refractivity contribution < 1.29 is 4.74 Å². The molecule has 0 aromatic carbocycles. The lowest BCUT2D eigenvalue weighted by Gasteiger charge is -2.00. The Morgan fingerprint density at radius 1 is 1.18 bits per heavy atom. The van der Waals surface area contributed by atoms with Gasteiger partial charge in [-0.05, 0) is 18.2 Å². The highest BCUT2D eigenvalue weighted by Crippen LogP contribution is 2.11. The highest BCUT2D eigenvalue weighted by molar-refractivity contribution is 5.38. The fourth-order valence-electron chi connectivity index (χ4n) is 1.60. The standard InChI is InChI=1S/C11H11N5O/c1-15-7-5-9(14-15)8-17-11-13-12-10-4-2-3-6-16(10)11/h2-7H,8H2,1H3. The van der Waals surface area contributed by atoms with Crippen LogP contribution in [0.2, 0.25) is 0 Å². The molecule has 0 saturated heterocycles. The Balaban J connectivity index is 1.81. The first-order chi connectivity index (χ1) is 8.33. The van der Waals surface area contributed by atoms with Crippen LogP contribution < -0.4 is 4.74 Å². The normalized spacial score (nSPS) is 10.9. The lowest BCUT2D eigenvalue weighted by molar-refractivity contribution is 0.272. The minimum atomic E-state index is 0.385. The molecule has 3 aromatic rings. The monoisotopic (exact) mass is 229 g/mol. The average Bonchev–Trinajstić information content (AvgIpc) is 2.93. The van der Waals surface area contributed by atoms with Crippen LogP contribution in [0.4, 0.5) is 0 Å². The van der Waals surface area contributed by atoms with Crippen LogP contribution in [0.5, 0.6) is 6.01 Å². The molecule has 0 bridgehead atoms. The second-order valence-corrected chi connectivity index (χ2v) is 3.68. The molecule has 0 atom stereocenters. The van der Waals surface area contributed by atoms with Crippen LogP contribution >= 0.6 is 0 Å². The topological polar surface area (TPSA) is 57.2 Å². The van der Waals surface area contributed by atoms with Crippen LogP contribution in [0, 0.1) is 0 Å². The zero-order valence-electron chi connectivity index (χ0n) is 9.32. The molecule has 3 heterocycles. The van der Waals surface area contributed by atoms with Crippen LogP contribution in [-0.4, -0.2) is 24.4 Å². The summed E-state index contributed by atoms with van der Waals surface area (Å²) in [7, 11) is 1.87. The lowest BCUT2D eigenvalue weighted by atomic mass is 10.5. The van der Waals surface area contributed by atoms with E-state index < -0.39 is 0 Å². The average molecular weight is 229 g/mol. The van der Waals surface area contributed by atoms with Crippen molar-refractivity contribution in [3.05, 3.63) is 42.4 Å². The van der Waals surface area contributed by atoms with Gasteiger partial charge in [0, 0.05) is 19.4 Å². The molecule has 0 aliphatic carbocycles. The van der Waals surface area contributed by atoms with Gasteiger partial charge in [0.2, 0.25) is 0 Å². The summed E-state index contributed by atoms with van der Waals surface area (Å²) in [4.78, 5) is 0. The number of hydrogen-bond donors (Lipinski definition) is 0. The zero-order valence-corrected chi connectivity index (χ0v) is 9.32. The number of ether oxygens (including phenoxy) is 1. The fourth-order valence-corrected chi connectivity index (χ4v) is 1.60. The molecule has 3 aromatic heterocycles. The van der Waals surface area contributed by atoms with Gasteiger partial charge in [-0.15, -0.1) is 5.10 Å². The van der Waals surface area contributed by atoms with Crippen molar-refractivity contribution in [3.8, 4) is 6.01 Å². The van der Waals surface area contributed by atoms with Gasteiger partial charge in [-0.2, -0.15) is 5.10 Å². The molecule has 6 nitrogen and oxygen atoms in total. The van der Waals surface area contributed by atoms with E-state index in [2.05, 4.69) is 15.3 Å². The Labute approximate surface area is 97.5 Å². The Kier molecular flexibility index (Phi) is 2.25. The van der Waals surface area contributed by atoms with E-state index in [-0.39, 0.29) is 0 Å². The molecular formula is C11H11N5O. The van der Waals surface area contributed by atoms with E-state index in [0.717, 1.165) is 11.3 Å². The first kappa shape index (κ1) is 9.83. The van der Waals surface area contributed by atoms with Gasteiger partial charge >= 0.3 is 6.01 Å². The van der Waals surface area contributed by atoms with Gasteiger partial charge in [-0.3, -0.25) is 9.08 Å². The van der Waals surface area contributed by atoms with Gasteiger partial charge in [-0.1, -0.05) is 11.2 Å². The van der Waals surface area contributed by atoms with E-state index in [1.807, 2.05) is 43.7 Å². The number of hydrogen-bond acceptors (Lipinski definition) is 4. The first-order valence-electron chi connectivity index (χ1n) is 5.24. The minimum absolute atomic E-state index is 0.385. The van der Waals surface area contributed by atoms with Crippen molar-refractivity contribution >= 4 is 5.65 Å². The Bertz CT molecular complexity index is 642. The maximum Gasteiger partial charge on any atom is 0.321 e. The van der Waals surface area contributed by atoms with E-state index in [0.29, 0.717) is 12.6 Å². The van der Waals surface area contributed by atoms with Gasteiger partial charge < -0.3 is 4.74 Å². The maximum absolute atomic E-state index is 5.57. The molecule has 86 valence electrons. The number of aryl methyl sites for hydroxylation is 1. The number of aromatic nitrogens is 5. The van der Waals surface area contributed by atoms with E-state index in [9.17, 15) is 0 Å². The molecule has 0 fully saturated rings. The summed E-state index contributed by atoms with van der Waals surface area (Å²) in [6.45, 7) is 0.385. The van der Waals surface area contributed by atoms with E-state index in [1.54, 1.807) is 9.08 Å². The van der Waals surface area contributed by atoms with Crippen molar-refractivity contribution in [3.63, 3.8) is 0 Å². The Morgan fingerprint density at radius 3 is 2.94 bits per heavy atom. The predicted octanol–water partition coefficient (Wildman–Crippen LogP) is 1.04. The largest absolute Gasteiger partial charge is 0.457 e.